The maximum Gasteiger partial charge on any atom is 0.472 e. The lowest BCUT2D eigenvalue weighted by Crippen LogP contribution is -1.97. The third-order valence-corrected chi connectivity index (χ3v) is 4.94. The second kappa shape index (κ2) is 15.4. The van der Waals surface area contributed by atoms with E-state index in [1.165, 1.54) is 38.5 Å². The van der Waals surface area contributed by atoms with Gasteiger partial charge in [-0.15, -0.1) is 0 Å². The summed E-state index contributed by atoms with van der Waals surface area (Å²) in [7, 11) is -4.02. The fraction of sp³-hybridized carbons (Fsp3) is 0.455. The second-order valence-corrected chi connectivity index (χ2v) is 8.00. The summed E-state index contributed by atoms with van der Waals surface area (Å²) in [6.07, 6.45) is 8.05. The van der Waals surface area contributed by atoms with Crippen LogP contribution < -0.4 is 5.73 Å². The van der Waals surface area contributed by atoms with Gasteiger partial charge in [0.1, 0.15) is 0 Å². The van der Waals surface area contributed by atoms with Crippen molar-refractivity contribution in [2.24, 2.45) is 5.73 Å². The van der Waals surface area contributed by atoms with Gasteiger partial charge in [-0.05, 0) is 24.1 Å². The van der Waals surface area contributed by atoms with Gasteiger partial charge in [0.2, 0.25) is 0 Å². The number of hydrogen-bond acceptors (Lipinski definition) is 4. The van der Waals surface area contributed by atoms with E-state index in [0.717, 1.165) is 17.7 Å². The van der Waals surface area contributed by atoms with E-state index in [1.807, 2.05) is 60.7 Å². The van der Waals surface area contributed by atoms with Crippen LogP contribution in [0.15, 0.2) is 60.7 Å². The molecule has 0 radical (unpaired) electrons. The number of hydrogen-bond donors (Lipinski definition) is 2. The first-order valence-corrected chi connectivity index (χ1v) is 11.5. The Kier molecular flexibility index (Phi) is 13.5. The van der Waals surface area contributed by atoms with Gasteiger partial charge in [-0.2, -0.15) is 0 Å². The van der Waals surface area contributed by atoms with E-state index in [1.54, 1.807) is 0 Å². The standard InChI is InChI=1S/C14H15O4P.C8H19N/c15-19(16,17-11-13-7-3-1-4-8-13)18-12-14-9-5-2-6-10-14;1-2-3-4-5-6-7-8-9/h1-10H,11-12H2,(H,15,16);2-9H2,1H3. The molecule has 2 rings (SSSR count). The number of phosphoric ester groups is 1. The average Bonchev–Trinajstić information content (AvgIpc) is 2.73. The molecule has 0 fully saturated rings. The fourth-order valence-electron chi connectivity index (χ4n) is 2.42. The summed E-state index contributed by atoms with van der Waals surface area (Å²) < 4.78 is 21.5. The van der Waals surface area contributed by atoms with Crippen molar-refractivity contribution in [3.05, 3.63) is 71.8 Å². The van der Waals surface area contributed by atoms with Crippen LogP contribution in [0.2, 0.25) is 0 Å². The van der Waals surface area contributed by atoms with E-state index in [9.17, 15) is 9.46 Å². The molecule has 0 aromatic heterocycles. The monoisotopic (exact) mass is 407 g/mol. The maximum absolute atomic E-state index is 11.7. The Morgan fingerprint density at radius 2 is 1.21 bits per heavy atom. The first-order valence-electron chi connectivity index (χ1n) is 9.97. The zero-order valence-corrected chi connectivity index (χ0v) is 17.7. The molecule has 2 aromatic carbocycles. The van der Waals surface area contributed by atoms with Crippen molar-refractivity contribution in [1.29, 1.82) is 0 Å². The molecule has 156 valence electrons. The lowest BCUT2D eigenvalue weighted by molar-refractivity contribution is 0.137. The van der Waals surface area contributed by atoms with Crippen molar-refractivity contribution in [3.8, 4) is 0 Å². The van der Waals surface area contributed by atoms with Crippen LogP contribution in [0.25, 0.3) is 0 Å². The molecule has 0 heterocycles. The predicted octanol–water partition coefficient (Wildman–Crippen LogP) is 5.83. The van der Waals surface area contributed by atoms with Crippen LogP contribution in [0.1, 0.15) is 56.6 Å². The van der Waals surface area contributed by atoms with Crippen molar-refractivity contribution in [3.63, 3.8) is 0 Å². The van der Waals surface area contributed by atoms with Gasteiger partial charge in [0.25, 0.3) is 0 Å². The lowest BCUT2D eigenvalue weighted by atomic mass is 10.1. The van der Waals surface area contributed by atoms with Crippen LogP contribution in [-0.4, -0.2) is 11.4 Å². The largest absolute Gasteiger partial charge is 0.472 e. The van der Waals surface area contributed by atoms with E-state index in [4.69, 9.17) is 14.8 Å². The molecule has 2 aromatic rings. The number of unbranched alkanes of at least 4 members (excludes halogenated alkanes) is 5. The SMILES string of the molecule is CCCCCCCCN.O=P(O)(OCc1ccccc1)OCc1ccccc1. The molecular formula is C22H34NO4P. The average molecular weight is 407 g/mol. The first kappa shape index (κ1) is 24.5. The Hall–Kier alpha value is -1.49. The van der Waals surface area contributed by atoms with Crippen molar-refractivity contribution in [1.82, 2.24) is 0 Å². The molecule has 0 aliphatic carbocycles. The minimum Gasteiger partial charge on any atom is -0.330 e. The van der Waals surface area contributed by atoms with Crippen LogP contribution in [0.4, 0.5) is 0 Å². The van der Waals surface area contributed by atoms with E-state index < -0.39 is 7.82 Å². The predicted molar refractivity (Wildman–Crippen MR) is 115 cm³/mol. The van der Waals surface area contributed by atoms with E-state index in [0.29, 0.717) is 0 Å². The Balaban J connectivity index is 0.000000370. The van der Waals surface area contributed by atoms with Crippen LogP contribution in [0, 0.1) is 0 Å². The molecule has 0 amide bonds. The highest BCUT2D eigenvalue weighted by Gasteiger charge is 2.20. The molecule has 6 heteroatoms. The second-order valence-electron chi connectivity index (χ2n) is 6.54. The highest BCUT2D eigenvalue weighted by atomic mass is 31.2. The van der Waals surface area contributed by atoms with E-state index in [-0.39, 0.29) is 13.2 Å². The first-order chi connectivity index (χ1) is 13.6. The molecular weight excluding hydrogens is 373 g/mol. The van der Waals surface area contributed by atoms with Crippen molar-refractivity contribution in [2.75, 3.05) is 6.54 Å². The molecule has 0 saturated carbocycles. The van der Waals surface area contributed by atoms with Gasteiger partial charge in [0, 0.05) is 0 Å². The summed E-state index contributed by atoms with van der Waals surface area (Å²) in [5, 5.41) is 0. The summed E-state index contributed by atoms with van der Waals surface area (Å²) in [5.41, 5.74) is 6.98. The van der Waals surface area contributed by atoms with Crippen molar-refractivity contribution in [2.45, 2.75) is 58.7 Å². The normalized spacial score (nSPS) is 11.0. The van der Waals surface area contributed by atoms with E-state index in [2.05, 4.69) is 6.92 Å². The summed E-state index contributed by atoms with van der Waals surface area (Å²) in [5.74, 6) is 0. The van der Waals surface area contributed by atoms with Crippen LogP contribution in [0.3, 0.4) is 0 Å². The smallest absolute Gasteiger partial charge is 0.330 e. The minimum absolute atomic E-state index is 0.0450. The number of nitrogens with two attached hydrogens (primary N) is 1. The Bertz CT molecular complexity index is 599. The minimum atomic E-state index is -4.02. The van der Waals surface area contributed by atoms with Gasteiger partial charge >= 0.3 is 7.82 Å². The zero-order valence-electron chi connectivity index (χ0n) is 16.8. The molecule has 0 atom stereocenters. The Labute approximate surface area is 169 Å². The van der Waals surface area contributed by atoms with Gasteiger partial charge in [0.15, 0.2) is 0 Å². The van der Waals surface area contributed by atoms with Gasteiger partial charge < -0.3 is 10.6 Å². The zero-order chi connectivity index (χ0) is 20.5. The highest BCUT2D eigenvalue weighted by Crippen LogP contribution is 2.44. The van der Waals surface area contributed by atoms with Gasteiger partial charge in [0.05, 0.1) is 13.2 Å². The molecule has 0 spiro atoms. The molecule has 28 heavy (non-hydrogen) atoms. The Morgan fingerprint density at radius 1 is 0.786 bits per heavy atom. The summed E-state index contributed by atoms with van der Waals surface area (Å²) in [4.78, 5) is 9.55. The lowest BCUT2D eigenvalue weighted by Gasteiger charge is -2.12. The topological polar surface area (TPSA) is 81.8 Å². The van der Waals surface area contributed by atoms with Crippen molar-refractivity contribution < 1.29 is 18.5 Å². The molecule has 0 aliphatic rings. The third kappa shape index (κ3) is 12.8. The van der Waals surface area contributed by atoms with Crippen LogP contribution in [0.5, 0.6) is 0 Å². The van der Waals surface area contributed by atoms with Gasteiger partial charge in [-0.25, -0.2) is 4.57 Å². The van der Waals surface area contributed by atoms with Crippen molar-refractivity contribution >= 4 is 7.82 Å². The summed E-state index contributed by atoms with van der Waals surface area (Å²) in [6.45, 7) is 3.20. The van der Waals surface area contributed by atoms with Gasteiger partial charge in [-0.1, -0.05) is 99.7 Å². The molecule has 5 nitrogen and oxygen atoms in total. The highest BCUT2D eigenvalue weighted by molar-refractivity contribution is 7.47. The Morgan fingerprint density at radius 3 is 1.64 bits per heavy atom. The third-order valence-electron chi connectivity index (χ3n) is 4.03. The van der Waals surface area contributed by atoms with Crippen LogP contribution in [-0.2, 0) is 26.8 Å². The van der Waals surface area contributed by atoms with Crippen LogP contribution >= 0.6 is 7.82 Å². The molecule has 0 aliphatic heterocycles. The van der Waals surface area contributed by atoms with E-state index >= 15 is 0 Å². The maximum atomic E-state index is 11.7. The summed E-state index contributed by atoms with van der Waals surface area (Å²) in [6, 6.07) is 18.4. The molecule has 0 saturated heterocycles. The van der Waals surface area contributed by atoms with Gasteiger partial charge in [-0.3, -0.25) is 9.05 Å². The fourth-order valence-corrected chi connectivity index (χ4v) is 3.12. The quantitative estimate of drug-likeness (QED) is 0.342. The number of benzene rings is 2. The summed E-state index contributed by atoms with van der Waals surface area (Å²) >= 11 is 0. The number of phosphoric acid groups is 1. The molecule has 0 bridgehead atoms. The molecule has 3 N–H and O–H groups in total. The molecule has 0 unspecified atom stereocenters. The number of rotatable bonds is 12.